The van der Waals surface area contributed by atoms with Gasteiger partial charge in [0.15, 0.2) is 0 Å². The summed E-state index contributed by atoms with van der Waals surface area (Å²) in [4.78, 5) is 22.3. The van der Waals surface area contributed by atoms with Crippen LogP contribution in [0.2, 0.25) is 0 Å². The summed E-state index contributed by atoms with van der Waals surface area (Å²) in [7, 11) is 0. The predicted octanol–water partition coefficient (Wildman–Crippen LogP) is 2.32. The van der Waals surface area contributed by atoms with Gasteiger partial charge in [-0.2, -0.15) is 0 Å². The monoisotopic (exact) mass is 344 g/mol. The maximum absolute atomic E-state index is 11.9. The third-order valence-electron chi connectivity index (χ3n) is 4.47. The van der Waals surface area contributed by atoms with Gasteiger partial charge in [-0.25, -0.2) is 4.98 Å². The fourth-order valence-electron chi connectivity index (χ4n) is 3.00. The van der Waals surface area contributed by atoms with Crippen LogP contribution in [0.15, 0.2) is 24.3 Å². The van der Waals surface area contributed by atoms with Gasteiger partial charge in [-0.3, -0.25) is 9.69 Å². The van der Waals surface area contributed by atoms with Crippen molar-refractivity contribution in [3.05, 3.63) is 30.1 Å². The Morgan fingerprint density at radius 3 is 2.96 bits per heavy atom. The Morgan fingerprint density at radius 2 is 2.20 bits per heavy atom. The molecule has 0 spiro atoms. The molecule has 3 rings (SSSR count). The molecular formula is C19H28N4O2. The lowest BCUT2D eigenvalue weighted by molar-refractivity contribution is -0.128. The van der Waals surface area contributed by atoms with E-state index in [4.69, 9.17) is 4.74 Å². The van der Waals surface area contributed by atoms with Crippen LogP contribution in [-0.4, -0.2) is 53.1 Å². The van der Waals surface area contributed by atoms with Crippen molar-refractivity contribution in [2.75, 3.05) is 26.2 Å². The highest BCUT2D eigenvalue weighted by molar-refractivity contribution is 5.81. The molecule has 136 valence electrons. The van der Waals surface area contributed by atoms with Crippen LogP contribution < -0.4 is 5.32 Å². The smallest absolute Gasteiger partial charge is 0.225 e. The number of carbonyl (C=O) groups is 1. The number of fused-ring (bicyclic) bond motifs is 1. The number of imidazole rings is 1. The molecule has 2 N–H and O–H groups in total. The van der Waals surface area contributed by atoms with E-state index >= 15 is 0 Å². The molecule has 0 aliphatic carbocycles. The number of nitrogens with one attached hydrogen (secondary N) is 2. The molecule has 1 amide bonds. The molecule has 0 saturated carbocycles. The zero-order valence-electron chi connectivity index (χ0n) is 15.3. The van der Waals surface area contributed by atoms with Crippen LogP contribution in [0, 0.1) is 5.41 Å². The zero-order valence-corrected chi connectivity index (χ0v) is 15.3. The number of rotatable bonds is 5. The highest BCUT2D eigenvalue weighted by Crippen LogP contribution is 2.15. The molecular weight excluding hydrogens is 316 g/mol. The van der Waals surface area contributed by atoms with Crippen LogP contribution in [-0.2, 0) is 16.1 Å². The number of carbonyl (C=O) groups excluding carboxylic acids is 1. The molecule has 6 heteroatoms. The fourth-order valence-corrected chi connectivity index (χ4v) is 3.00. The highest BCUT2D eigenvalue weighted by atomic mass is 16.5. The van der Waals surface area contributed by atoms with Gasteiger partial charge < -0.3 is 15.0 Å². The first-order valence-electron chi connectivity index (χ1n) is 8.98. The van der Waals surface area contributed by atoms with Gasteiger partial charge in [0.05, 0.1) is 30.3 Å². The van der Waals surface area contributed by atoms with Crippen molar-refractivity contribution in [2.45, 2.75) is 39.8 Å². The standard InChI is InChI=1S/C19H28N4O2/c1-19(2,3)18(24)20-9-8-14-12-23(10-11-25-14)13-17-21-15-6-4-5-7-16(15)22-17/h4-7,14H,8-13H2,1-3H3,(H,20,24)(H,21,22). The largest absolute Gasteiger partial charge is 0.375 e. The molecule has 0 bridgehead atoms. The van der Waals surface area contributed by atoms with Gasteiger partial charge in [0.2, 0.25) is 5.91 Å². The second-order valence-electron chi connectivity index (χ2n) is 7.72. The van der Waals surface area contributed by atoms with Gasteiger partial charge in [0.1, 0.15) is 5.82 Å². The Morgan fingerprint density at radius 1 is 1.40 bits per heavy atom. The lowest BCUT2D eigenvalue weighted by atomic mass is 9.95. The molecule has 1 unspecified atom stereocenters. The van der Waals surface area contributed by atoms with Gasteiger partial charge >= 0.3 is 0 Å². The minimum atomic E-state index is -0.346. The van der Waals surface area contributed by atoms with Crippen molar-refractivity contribution in [3.8, 4) is 0 Å². The fraction of sp³-hybridized carbons (Fsp3) is 0.579. The summed E-state index contributed by atoms with van der Waals surface area (Å²) in [6, 6.07) is 8.09. The van der Waals surface area contributed by atoms with E-state index in [1.807, 2.05) is 45.0 Å². The molecule has 6 nitrogen and oxygen atoms in total. The van der Waals surface area contributed by atoms with Crippen LogP contribution in [0.25, 0.3) is 11.0 Å². The van der Waals surface area contributed by atoms with E-state index in [1.54, 1.807) is 0 Å². The first kappa shape index (κ1) is 17.9. The van der Waals surface area contributed by atoms with E-state index in [9.17, 15) is 4.79 Å². The quantitative estimate of drug-likeness (QED) is 0.873. The van der Waals surface area contributed by atoms with Crippen LogP contribution in [0.5, 0.6) is 0 Å². The molecule has 1 aliphatic heterocycles. The van der Waals surface area contributed by atoms with Gasteiger partial charge in [-0.1, -0.05) is 32.9 Å². The maximum Gasteiger partial charge on any atom is 0.225 e. The minimum absolute atomic E-state index is 0.0856. The van der Waals surface area contributed by atoms with E-state index in [1.165, 1.54) is 0 Å². The Bertz CT molecular complexity index is 687. The molecule has 2 aromatic rings. The average molecular weight is 344 g/mol. The van der Waals surface area contributed by atoms with Gasteiger partial charge in [0, 0.05) is 25.0 Å². The number of aromatic amines is 1. The third kappa shape index (κ3) is 4.80. The number of para-hydroxylation sites is 2. The summed E-state index contributed by atoms with van der Waals surface area (Å²) >= 11 is 0. The van der Waals surface area contributed by atoms with E-state index in [-0.39, 0.29) is 17.4 Å². The van der Waals surface area contributed by atoms with Crippen LogP contribution in [0.3, 0.4) is 0 Å². The summed E-state index contributed by atoms with van der Waals surface area (Å²) in [5.74, 6) is 1.07. The second-order valence-corrected chi connectivity index (χ2v) is 7.72. The lowest BCUT2D eigenvalue weighted by Gasteiger charge is -2.32. The number of morpholine rings is 1. The summed E-state index contributed by atoms with van der Waals surface area (Å²) in [5, 5.41) is 3.00. The lowest BCUT2D eigenvalue weighted by Crippen LogP contribution is -2.44. The van der Waals surface area contributed by atoms with Crippen molar-refractivity contribution in [1.82, 2.24) is 20.2 Å². The summed E-state index contributed by atoms with van der Waals surface area (Å²) < 4.78 is 5.85. The number of benzene rings is 1. The summed E-state index contributed by atoms with van der Waals surface area (Å²) in [6.45, 7) is 9.71. The first-order chi connectivity index (χ1) is 11.9. The molecule has 25 heavy (non-hydrogen) atoms. The molecule has 1 aliphatic rings. The Labute approximate surface area is 149 Å². The molecule has 2 heterocycles. The summed E-state index contributed by atoms with van der Waals surface area (Å²) in [5.41, 5.74) is 1.74. The summed E-state index contributed by atoms with van der Waals surface area (Å²) in [6.07, 6.45) is 0.983. The average Bonchev–Trinajstić information content (AvgIpc) is 2.96. The van der Waals surface area contributed by atoms with E-state index in [2.05, 4.69) is 20.2 Å². The topological polar surface area (TPSA) is 70.2 Å². The molecule has 1 fully saturated rings. The van der Waals surface area contributed by atoms with Crippen LogP contribution >= 0.6 is 0 Å². The normalized spacial score (nSPS) is 19.2. The van der Waals surface area contributed by atoms with Crippen LogP contribution in [0.1, 0.15) is 33.0 Å². The van der Waals surface area contributed by atoms with E-state index in [0.717, 1.165) is 49.5 Å². The van der Waals surface area contributed by atoms with Crippen molar-refractivity contribution in [1.29, 1.82) is 0 Å². The number of nitrogens with zero attached hydrogens (tertiary/aromatic N) is 2. The number of amides is 1. The Hall–Kier alpha value is -1.92. The van der Waals surface area contributed by atoms with E-state index < -0.39 is 0 Å². The Kier molecular flexibility index (Phi) is 5.39. The number of hydrogen-bond donors (Lipinski definition) is 2. The van der Waals surface area contributed by atoms with Gasteiger partial charge in [-0.05, 0) is 18.6 Å². The molecule has 1 aromatic heterocycles. The van der Waals surface area contributed by atoms with Crippen molar-refractivity contribution < 1.29 is 9.53 Å². The molecule has 1 atom stereocenters. The molecule has 0 radical (unpaired) electrons. The first-order valence-corrected chi connectivity index (χ1v) is 8.98. The van der Waals surface area contributed by atoms with Gasteiger partial charge in [0.25, 0.3) is 0 Å². The number of aromatic nitrogens is 2. The van der Waals surface area contributed by atoms with Crippen LogP contribution in [0.4, 0.5) is 0 Å². The second kappa shape index (κ2) is 7.54. The zero-order chi connectivity index (χ0) is 17.9. The minimum Gasteiger partial charge on any atom is -0.375 e. The third-order valence-corrected chi connectivity index (χ3v) is 4.47. The number of ether oxygens (including phenoxy) is 1. The highest BCUT2D eigenvalue weighted by Gasteiger charge is 2.23. The van der Waals surface area contributed by atoms with Crippen molar-refractivity contribution >= 4 is 16.9 Å². The molecule has 1 saturated heterocycles. The number of hydrogen-bond acceptors (Lipinski definition) is 4. The van der Waals surface area contributed by atoms with Crippen molar-refractivity contribution in [2.24, 2.45) is 5.41 Å². The Balaban J connectivity index is 1.48. The maximum atomic E-state index is 11.9. The predicted molar refractivity (Wildman–Crippen MR) is 98.2 cm³/mol. The van der Waals surface area contributed by atoms with Gasteiger partial charge in [-0.15, -0.1) is 0 Å². The van der Waals surface area contributed by atoms with E-state index in [0.29, 0.717) is 6.54 Å². The number of H-pyrrole nitrogens is 1. The SMILES string of the molecule is CC(C)(C)C(=O)NCCC1CN(Cc2nc3ccccc3[nH]2)CCO1. The molecule has 1 aromatic carbocycles. The van der Waals surface area contributed by atoms with Crippen molar-refractivity contribution in [3.63, 3.8) is 0 Å².